The van der Waals surface area contributed by atoms with Crippen molar-refractivity contribution in [1.29, 1.82) is 0 Å². The van der Waals surface area contributed by atoms with Crippen LogP contribution in [0.25, 0.3) is 0 Å². The van der Waals surface area contributed by atoms with E-state index in [1.54, 1.807) is 0 Å². The van der Waals surface area contributed by atoms with Gasteiger partial charge in [-0.2, -0.15) is 0 Å². The van der Waals surface area contributed by atoms with E-state index in [1.807, 2.05) is 0 Å². The summed E-state index contributed by atoms with van der Waals surface area (Å²) in [6.07, 6.45) is 3.22. The lowest BCUT2D eigenvalue weighted by Crippen LogP contribution is -2.28. The Morgan fingerprint density at radius 3 is 2.68 bits per heavy atom. The molecule has 1 aromatic heterocycles. The van der Waals surface area contributed by atoms with Gasteiger partial charge in [0.1, 0.15) is 0 Å². The molecule has 1 unspecified atom stereocenters. The van der Waals surface area contributed by atoms with Crippen molar-refractivity contribution < 1.29 is 0 Å². The van der Waals surface area contributed by atoms with Crippen molar-refractivity contribution >= 4 is 0 Å². The third-order valence-corrected chi connectivity index (χ3v) is 3.68. The van der Waals surface area contributed by atoms with E-state index < -0.39 is 0 Å². The Balaban J connectivity index is 1.88. The first-order valence-corrected chi connectivity index (χ1v) is 7.12. The van der Waals surface area contributed by atoms with Crippen LogP contribution in [0, 0.1) is 6.92 Å². The summed E-state index contributed by atoms with van der Waals surface area (Å²) in [6.45, 7) is 8.60. The van der Waals surface area contributed by atoms with Crippen LogP contribution in [-0.2, 0) is 19.5 Å². The van der Waals surface area contributed by atoms with Gasteiger partial charge in [0.05, 0.1) is 0 Å². The first-order valence-electron chi connectivity index (χ1n) is 7.12. The van der Waals surface area contributed by atoms with Crippen molar-refractivity contribution in [3.63, 3.8) is 0 Å². The second kappa shape index (κ2) is 6.58. The summed E-state index contributed by atoms with van der Waals surface area (Å²) < 4.78 is 2.29. The topological polar surface area (TPSA) is 17.0 Å². The van der Waals surface area contributed by atoms with Crippen LogP contribution >= 0.6 is 0 Å². The highest BCUT2D eigenvalue weighted by atomic mass is 15.0. The van der Waals surface area contributed by atoms with E-state index in [4.69, 9.17) is 0 Å². The normalized spacial score (nSPS) is 12.6. The summed E-state index contributed by atoms with van der Waals surface area (Å²) in [5.74, 6) is 0. The van der Waals surface area contributed by atoms with Crippen molar-refractivity contribution in [3.05, 3.63) is 59.4 Å². The molecule has 0 spiro atoms. The Labute approximate surface area is 116 Å². The molecule has 2 nitrogen and oxygen atoms in total. The van der Waals surface area contributed by atoms with Gasteiger partial charge in [-0.25, -0.2) is 0 Å². The minimum absolute atomic E-state index is 0.487. The van der Waals surface area contributed by atoms with Crippen molar-refractivity contribution in [2.24, 2.45) is 0 Å². The van der Waals surface area contributed by atoms with Crippen molar-refractivity contribution in [2.75, 3.05) is 0 Å². The first kappa shape index (κ1) is 13.9. The Hall–Kier alpha value is -1.54. The van der Waals surface area contributed by atoms with E-state index in [0.717, 1.165) is 19.5 Å². The van der Waals surface area contributed by atoms with Crippen LogP contribution in [0.15, 0.2) is 42.6 Å². The Morgan fingerprint density at radius 2 is 1.95 bits per heavy atom. The van der Waals surface area contributed by atoms with Crippen molar-refractivity contribution in [2.45, 2.75) is 46.3 Å². The van der Waals surface area contributed by atoms with Crippen LogP contribution in [0.1, 0.15) is 30.7 Å². The summed E-state index contributed by atoms with van der Waals surface area (Å²) in [6, 6.07) is 13.4. The summed E-state index contributed by atoms with van der Waals surface area (Å²) in [4.78, 5) is 0. The second-order valence-electron chi connectivity index (χ2n) is 5.20. The van der Waals surface area contributed by atoms with E-state index in [-0.39, 0.29) is 0 Å². The van der Waals surface area contributed by atoms with Crippen LogP contribution in [0.2, 0.25) is 0 Å². The molecule has 1 heterocycles. The molecule has 0 radical (unpaired) electrons. The Morgan fingerprint density at radius 1 is 1.16 bits per heavy atom. The second-order valence-corrected chi connectivity index (χ2v) is 5.20. The molecule has 0 amide bonds. The van der Waals surface area contributed by atoms with E-state index in [9.17, 15) is 0 Å². The number of nitrogens with zero attached hydrogens (tertiary/aromatic N) is 1. The fourth-order valence-electron chi connectivity index (χ4n) is 2.44. The van der Waals surface area contributed by atoms with Crippen molar-refractivity contribution in [3.8, 4) is 0 Å². The maximum Gasteiger partial charge on any atom is 0.0361 e. The van der Waals surface area contributed by atoms with E-state index >= 15 is 0 Å². The van der Waals surface area contributed by atoms with E-state index in [0.29, 0.717) is 6.04 Å². The molecule has 1 aromatic carbocycles. The van der Waals surface area contributed by atoms with E-state index in [1.165, 1.54) is 16.8 Å². The summed E-state index contributed by atoms with van der Waals surface area (Å²) >= 11 is 0. The molecule has 1 atom stereocenters. The van der Waals surface area contributed by atoms with Gasteiger partial charge >= 0.3 is 0 Å². The maximum absolute atomic E-state index is 3.61. The lowest BCUT2D eigenvalue weighted by molar-refractivity contribution is 0.526. The number of hydrogen-bond acceptors (Lipinski definition) is 1. The highest BCUT2D eigenvalue weighted by molar-refractivity contribution is 5.26. The standard InChI is InChI=1S/C17H24N2/c1-4-19-11-7-10-17(19)13-18-15(3)12-16-9-6-5-8-14(16)2/h5-11,15,18H,4,12-13H2,1-3H3. The largest absolute Gasteiger partial charge is 0.351 e. The van der Waals surface area contributed by atoms with Crippen LogP contribution < -0.4 is 5.32 Å². The monoisotopic (exact) mass is 256 g/mol. The predicted octanol–water partition coefficient (Wildman–Crippen LogP) is 3.54. The van der Waals surface area contributed by atoms with Crippen molar-refractivity contribution in [1.82, 2.24) is 9.88 Å². The lowest BCUT2D eigenvalue weighted by Gasteiger charge is -2.16. The zero-order valence-corrected chi connectivity index (χ0v) is 12.2. The molecule has 0 saturated carbocycles. The zero-order valence-electron chi connectivity index (χ0n) is 12.2. The highest BCUT2D eigenvalue weighted by Gasteiger charge is 2.06. The predicted molar refractivity (Wildman–Crippen MR) is 81.3 cm³/mol. The average Bonchev–Trinajstić information content (AvgIpc) is 2.86. The number of benzene rings is 1. The van der Waals surface area contributed by atoms with Gasteiger partial charge in [0.2, 0.25) is 0 Å². The maximum atomic E-state index is 3.61. The van der Waals surface area contributed by atoms with Crippen LogP contribution in [0.4, 0.5) is 0 Å². The van der Waals surface area contributed by atoms with Gasteiger partial charge in [-0.15, -0.1) is 0 Å². The molecule has 1 N–H and O–H groups in total. The molecule has 0 aliphatic heterocycles. The van der Waals surface area contributed by atoms with Gasteiger partial charge in [0, 0.05) is 31.0 Å². The number of aromatic nitrogens is 1. The summed E-state index contributed by atoms with van der Waals surface area (Å²) in [5.41, 5.74) is 4.18. The smallest absolute Gasteiger partial charge is 0.0361 e. The average molecular weight is 256 g/mol. The molecular formula is C17H24N2. The van der Waals surface area contributed by atoms with Gasteiger partial charge in [0.25, 0.3) is 0 Å². The fourth-order valence-corrected chi connectivity index (χ4v) is 2.44. The molecule has 0 bridgehead atoms. The van der Waals surface area contributed by atoms with Crippen LogP contribution in [0.3, 0.4) is 0 Å². The SMILES string of the molecule is CCn1cccc1CNC(C)Cc1ccccc1C. The third kappa shape index (κ3) is 3.71. The first-order chi connectivity index (χ1) is 9.20. The molecule has 19 heavy (non-hydrogen) atoms. The third-order valence-electron chi connectivity index (χ3n) is 3.68. The lowest BCUT2D eigenvalue weighted by atomic mass is 10.0. The zero-order chi connectivity index (χ0) is 13.7. The minimum Gasteiger partial charge on any atom is -0.351 e. The van der Waals surface area contributed by atoms with Gasteiger partial charge < -0.3 is 9.88 Å². The molecule has 0 aliphatic rings. The molecule has 0 aliphatic carbocycles. The molecule has 0 fully saturated rings. The Bertz CT molecular complexity index is 513. The van der Waals surface area contributed by atoms with Gasteiger partial charge in [-0.3, -0.25) is 0 Å². The summed E-state index contributed by atoms with van der Waals surface area (Å²) in [7, 11) is 0. The number of nitrogens with one attached hydrogen (secondary N) is 1. The molecule has 0 saturated heterocycles. The highest BCUT2D eigenvalue weighted by Crippen LogP contribution is 2.10. The quantitative estimate of drug-likeness (QED) is 0.836. The molecule has 2 heteroatoms. The van der Waals surface area contributed by atoms with Crippen LogP contribution in [-0.4, -0.2) is 10.6 Å². The molecule has 102 valence electrons. The number of rotatable bonds is 6. The number of hydrogen-bond donors (Lipinski definition) is 1. The molecular weight excluding hydrogens is 232 g/mol. The van der Waals surface area contributed by atoms with Gasteiger partial charge in [-0.05, 0) is 50.5 Å². The van der Waals surface area contributed by atoms with E-state index in [2.05, 4.69) is 73.3 Å². The number of aryl methyl sites for hydroxylation is 2. The Kier molecular flexibility index (Phi) is 4.80. The summed E-state index contributed by atoms with van der Waals surface area (Å²) in [5, 5.41) is 3.61. The molecule has 2 aromatic rings. The van der Waals surface area contributed by atoms with Crippen LogP contribution in [0.5, 0.6) is 0 Å². The van der Waals surface area contributed by atoms with Gasteiger partial charge in [-0.1, -0.05) is 24.3 Å². The minimum atomic E-state index is 0.487. The van der Waals surface area contributed by atoms with Gasteiger partial charge in [0.15, 0.2) is 0 Å². The fraction of sp³-hybridized carbons (Fsp3) is 0.412. The molecule has 2 rings (SSSR count).